The van der Waals surface area contributed by atoms with Crippen molar-refractivity contribution in [2.45, 2.75) is 12.7 Å². The van der Waals surface area contributed by atoms with Gasteiger partial charge in [-0.15, -0.1) is 0 Å². The largest absolute Gasteiger partial charge is 0.416 e. The monoisotopic (exact) mass is 463 g/mol. The zero-order chi connectivity index (χ0) is 24.3. The molecule has 0 aliphatic rings. The molecule has 1 aromatic heterocycles. The first-order valence-electron chi connectivity index (χ1n) is 10.2. The van der Waals surface area contributed by atoms with E-state index in [1.807, 2.05) is 34.9 Å². The van der Waals surface area contributed by atoms with E-state index >= 15 is 0 Å². The maximum Gasteiger partial charge on any atom is 0.416 e. The van der Waals surface area contributed by atoms with Gasteiger partial charge in [-0.05, 0) is 48.0 Å². The summed E-state index contributed by atoms with van der Waals surface area (Å²) in [4.78, 5) is 12.6. The lowest BCUT2D eigenvalue weighted by Crippen LogP contribution is -2.14. The minimum absolute atomic E-state index is 0.0697. The van der Waals surface area contributed by atoms with Crippen molar-refractivity contribution < 1.29 is 22.4 Å². The van der Waals surface area contributed by atoms with Crippen molar-refractivity contribution in [1.82, 2.24) is 4.57 Å². The van der Waals surface area contributed by atoms with Crippen LogP contribution in [0, 0.1) is 17.1 Å². The molecule has 1 N–H and O–H groups in total. The fourth-order valence-corrected chi connectivity index (χ4v) is 3.58. The molecule has 0 saturated carbocycles. The van der Waals surface area contributed by atoms with Crippen LogP contribution in [-0.4, -0.2) is 10.5 Å². The Hall–Kier alpha value is -4.38. The molecule has 34 heavy (non-hydrogen) atoms. The van der Waals surface area contributed by atoms with Gasteiger partial charge in [-0.1, -0.05) is 36.4 Å². The molecule has 170 valence electrons. The Morgan fingerprint density at radius 2 is 1.76 bits per heavy atom. The summed E-state index contributed by atoms with van der Waals surface area (Å²) >= 11 is 0. The summed E-state index contributed by atoms with van der Waals surface area (Å²) in [5.41, 5.74) is 1.06. The van der Waals surface area contributed by atoms with Crippen LogP contribution in [0.3, 0.4) is 0 Å². The number of nitrogens with zero attached hydrogens (tertiary/aromatic N) is 2. The number of carbonyl (C=O) groups is 1. The maximum absolute atomic E-state index is 13.2. The number of amides is 1. The molecule has 4 rings (SSSR count). The minimum atomic E-state index is -4.55. The van der Waals surface area contributed by atoms with Crippen molar-refractivity contribution >= 4 is 28.6 Å². The predicted molar refractivity (Wildman–Crippen MR) is 121 cm³/mol. The Balaban J connectivity index is 1.65. The van der Waals surface area contributed by atoms with Gasteiger partial charge in [0.05, 0.1) is 5.56 Å². The van der Waals surface area contributed by atoms with Gasteiger partial charge in [-0.2, -0.15) is 18.4 Å². The number of nitrogens with one attached hydrogen (secondary N) is 1. The molecule has 0 aliphatic heterocycles. The highest BCUT2D eigenvalue weighted by Gasteiger charge is 2.30. The van der Waals surface area contributed by atoms with Gasteiger partial charge < -0.3 is 9.88 Å². The molecular weight excluding hydrogens is 446 g/mol. The van der Waals surface area contributed by atoms with Crippen LogP contribution < -0.4 is 5.32 Å². The molecule has 0 radical (unpaired) electrons. The molecule has 0 atom stereocenters. The van der Waals surface area contributed by atoms with Gasteiger partial charge in [0.15, 0.2) is 0 Å². The number of halogens is 4. The van der Waals surface area contributed by atoms with Crippen LogP contribution in [0.1, 0.15) is 16.7 Å². The summed E-state index contributed by atoms with van der Waals surface area (Å²) in [5.74, 6) is -1.16. The van der Waals surface area contributed by atoms with Crippen LogP contribution in [0.5, 0.6) is 0 Å². The summed E-state index contributed by atoms with van der Waals surface area (Å²) in [6.45, 7) is 0.437. The second-order valence-electron chi connectivity index (χ2n) is 7.56. The van der Waals surface area contributed by atoms with Gasteiger partial charge in [0.25, 0.3) is 5.91 Å². The Morgan fingerprint density at radius 3 is 2.47 bits per heavy atom. The fraction of sp³-hybridized carbons (Fsp3) is 0.0769. The summed E-state index contributed by atoms with van der Waals surface area (Å²) < 4.78 is 54.0. The van der Waals surface area contributed by atoms with E-state index in [0.29, 0.717) is 12.1 Å². The number of carbonyl (C=O) groups excluding carboxylic acids is 1. The van der Waals surface area contributed by atoms with Crippen LogP contribution >= 0.6 is 0 Å². The SMILES string of the molecule is N#C/C(=C/c1cn(Cc2ccc(F)cc2)c2ccccc12)C(=O)Nc1cccc(C(F)(F)F)c1. The summed E-state index contributed by atoms with van der Waals surface area (Å²) in [6, 6.07) is 19.5. The Kier molecular flexibility index (Phi) is 6.19. The summed E-state index contributed by atoms with van der Waals surface area (Å²) in [5, 5.41) is 12.7. The minimum Gasteiger partial charge on any atom is -0.342 e. The average molecular weight is 463 g/mol. The molecule has 4 aromatic rings. The third kappa shape index (κ3) is 4.99. The van der Waals surface area contributed by atoms with E-state index in [0.717, 1.165) is 28.6 Å². The number of anilines is 1. The Labute approximate surface area is 192 Å². The van der Waals surface area contributed by atoms with E-state index in [1.54, 1.807) is 18.3 Å². The van der Waals surface area contributed by atoms with Gasteiger partial charge in [-0.3, -0.25) is 4.79 Å². The summed E-state index contributed by atoms with van der Waals surface area (Å²) in [7, 11) is 0. The van der Waals surface area contributed by atoms with Gasteiger partial charge in [-0.25, -0.2) is 4.39 Å². The topological polar surface area (TPSA) is 57.8 Å². The first-order valence-corrected chi connectivity index (χ1v) is 10.2. The summed E-state index contributed by atoms with van der Waals surface area (Å²) in [6.07, 6.45) is -1.39. The first-order chi connectivity index (χ1) is 16.2. The fourth-order valence-electron chi connectivity index (χ4n) is 3.58. The number of alkyl halides is 3. The average Bonchev–Trinajstić information content (AvgIpc) is 3.15. The van der Waals surface area contributed by atoms with Crippen LogP contribution in [0.25, 0.3) is 17.0 Å². The molecule has 0 spiro atoms. The Bertz CT molecular complexity index is 1430. The standard InChI is InChI=1S/C26H17F4N3O/c27-21-10-8-17(9-11-21)15-33-16-19(23-6-1-2-7-24(23)33)12-18(14-31)25(34)32-22-5-3-4-20(13-22)26(28,29)30/h1-13,16H,15H2,(H,32,34)/b18-12-. The molecule has 1 amide bonds. The molecular formula is C26H17F4N3O. The van der Waals surface area contributed by atoms with Gasteiger partial charge >= 0.3 is 6.18 Å². The predicted octanol–water partition coefficient (Wildman–Crippen LogP) is 6.39. The first kappa shape index (κ1) is 22.8. The molecule has 0 unspecified atom stereocenters. The van der Waals surface area contributed by atoms with E-state index in [4.69, 9.17) is 0 Å². The van der Waals surface area contributed by atoms with Crippen molar-refractivity contribution in [2.24, 2.45) is 0 Å². The quantitative estimate of drug-likeness (QED) is 0.212. The molecule has 3 aromatic carbocycles. The second-order valence-corrected chi connectivity index (χ2v) is 7.56. The molecule has 4 nitrogen and oxygen atoms in total. The highest BCUT2D eigenvalue weighted by Crippen LogP contribution is 2.31. The van der Waals surface area contributed by atoms with Crippen molar-refractivity contribution in [3.63, 3.8) is 0 Å². The lowest BCUT2D eigenvalue weighted by Gasteiger charge is -2.09. The normalized spacial score (nSPS) is 11.9. The van der Waals surface area contributed by atoms with Crippen LogP contribution in [0.4, 0.5) is 23.2 Å². The van der Waals surface area contributed by atoms with E-state index in [1.165, 1.54) is 30.3 Å². The van der Waals surface area contributed by atoms with Gasteiger partial charge in [0.1, 0.15) is 17.5 Å². The number of fused-ring (bicyclic) bond motifs is 1. The van der Waals surface area contributed by atoms with Crippen LogP contribution in [0.2, 0.25) is 0 Å². The molecule has 0 bridgehead atoms. The number of hydrogen-bond donors (Lipinski definition) is 1. The van der Waals surface area contributed by atoms with E-state index < -0.39 is 17.6 Å². The zero-order valence-electron chi connectivity index (χ0n) is 17.6. The van der Waals surface area contributed by atoms with Crippen molar-refractivity contribution in [1.29, 1.82) is 5.26 Å². The highest BCUT2D eigenvalue weighted by atomic mass is 19.4. The number of nitriles is 1. The lowest BCUT2D eigenvalue weighted by atomic mass is 10.1. The maximum atomic E-state index is 13.2. The molecule has 1 heterocycles. The Morgan fingerprint density at radius 1 is 1.03 bits per heavy atom. The highest BCUT2D eigenvalue weighted by molar-refractivity contribution is 6.10. The number of para-hydroxylation sites is 1. The second kappa shape index (κ2) is 9.24. The molecule has 0 aliphatic carbocycles. The molecule has 8 heteroatoms. The van der Waals surface area contributed by atoms with Crippen LogP contribution in [-0.2, 0) is 17.5 Å². The number of rotatable bonds is 5. The number of hydrogen-bond acceptors (Lipinski definition) is 2. The van der Waals surface area contributed by atoms with Crippen molar-refractivity contribution in [3.8, 4) is 6.07 Å². The zero-order valence-corrected chi connectivity index (χ0v) is 17.6. The van der Waals surface area contributed by atoms with E-state index in [-0.39, 0.29) is 17.1 Å². The molecule has 0 fully saturated rings. The lowest BCUT2D eigenvalue weighted by molar-refractivity contribution is -0.137. The van der Waals surface area contributed by atoms with Crippen molar-refractivity contribution in [2.75, 3.05) is 5.32 Å². The number of benzene rings is 3. The third-order valence-electron chi connectivity index (χ3n) is 5.20. The van der Waals surface area contributed by atoms with Gasteiger partial charge in [0.2, 0.25) is 0 Å². The van der Waals surface area contributed by atoms with E-state index in [2.05, 4.69) is 5.32 Å². The van der Waals surface area contributed by atoms with Gasteiger partial charge in [0, 0.05) is 34.9 Å². The molecule has 0 saturated heterocycles. The van der Waals surface area contributed by atoms with E-state index in [9.17, 15) is 27.6 Å². The van der Waals surface area contributed by atoms with Crippen molar-refractivity contribution in [3.05, 3.63) is 107 Å². The van der Waals surface area contributed by atoms with Crippen LogP contribution in [0.15, 0.2) is 84.6 Å². The number of aromatic nitrogens is 1. The third-order valence-corrected chi connectivity index (χ3v) is 5.20. The smallest absolute Gasteiger partial charge is 0.342 e.